The summed E-state index contributed by atoms with van der Waals surface area (Å²) in [6, 6.07) is 3.79. The molecule has 0 aromatic carbocycles. The molecule has 0 bridgehead atoms. The van der Waals surface area contributed by atoms with Gasteiger partial charge in [0.2, 0.25) is 0 Å². The highest BCUT2D eigenvalue weighted by Gasteiger charge is 2.18. The van der Waals surface area contributed by atoms with Crippen LogP contribution in [0, 0.1) is 0 Å². The van der Waals surface area contributed by atoms with Crippen molar-refractivity contribution in [3.63, 3.8) is 0 Å². The second-order valence-corrected chi connectivity index (χ2v) is 3.70. The third-order valence-corrected chi connectivity index (χ3v) is 2.69. The van der Waals surface area contributed by atoms with E-state index >= 15 is 0 Å². The van der Waals surface area contributed by atoms with Crippen LogP contribution in [-0.2, 0) is 4.79 Å². The summed E-state index contributed by atoms with van der Waals surface area (Å²) in [6.45, 7) is 1.51. The van der Waals surface area contributed by atoms with Crippen molar-refractivity contribution in [3.05, 3.63) is 23.5 Å². The molecule has 0 aliphatic carbocycles. The van der Waals surface area contributed by atoms with Crippen LogP contribution in [0.5, 0.6) is 0 Å². The molecule has 0 N–H and O–H groups in total. The van der Waals surface area contributed by atoms with Gasteiger partial charge in [0.1, 0.15) is 5.78 Å². The summed E-state index contributed by atoms with van der Waals surface area (Å²) in [5.41, 5.74) is 0.932. The quantitative estimate of drug-likeness (QED) is 0.664. The maximum atomic E-state index is 11.0. The standard InChI is InChI=1S/C10H11ClN2O/c11-10-9(2-1-5-12-10)13-6-3-8(14)4-7-13/h1-2,5H,3-4,6-7H2. The highest BCUT2D eigenvalue weighted by molar-refractivity contribution is 6.32. The second kappa shape index (κ2) is 3.96. The molecule has 2 heterocycles. The average Bonchev–Trinajstić information content (AvgIpc) is 2.20. The smallest absolute Gasteiger partial charge is 0.152 e. The van der Waals surface area contributed by atoms with Crippen molar-refractivity contribution >= 4 is 23.1 Å². The van der Waals surface area contributed by atoms with Crippen LogP contribution in [0.2, 0.25) is 5.15 Å². The van der Waals surface area contributed by atoms with E-state index in [1.54, 1.807) is 6.20 Å². The normalized spacial score (nSPS) is 17.2. The van der Waals surface area contributed by atoms with Gasteiger partial charge in [0.05, 0.1) is 5.69 Å². The van der Waals surface area contributed by atoms with Gasteiger partial charge in [-0.1, -0.05) is 11.6 Å². The van der Waals surface area contributed by atoms with Gasteiger partial charge in [0.25, 0.3) is 0 Å². The van der Waals surface area contributed by atoms with Crippen LogP contribution < -0.4 is 4.90 Å². The number of aromatic nitrogens is 1. The largest absolute Gasteiger partial charge is 0.368 e. The number of hydrogen-bond acceptors (Lipinski definition) is 3. The molecule has 1 aliphatic heterocycles. The Morgan fingerprint density at radius 2 is 2.07 bits per heavy atom. The lowest BCUT2D eigenvalue weighted by atomic mass is 10.1. The number of ketones is 1. The summed E-state index contributed by atoms with van der Waals surface area (Å²) < 4.78 is 0. The molecule has 74 valence electrons. The maximum Gasteiger partial charge on any atom is 0.152 e. The van der Waals surface area contributed by atoms with Crippen molar-refractivity contribution in [2.24, 2.45) is 0 Å². The molecule has 1 aliphatic rings. The number of halogens is 1. The summed E-state index contributed by atoms with van der Waals surface area (Å²) in [5.74, 6) is 0.335. The molecule has 1 fully saturated rings. The van der Waals surface area contributed by atoms with Crippen LogP contribution in [0.15, 0.2) is 18.3 Å². The van der Waals surface area contributed by atoms with E-state index in [0.29, 0.717) is 23.8 Å². The van der Waals surface area contributed by atoms with Crippen LogP contribution in [0.4, 0.5) is 5.69 Å². The third-order valence-electron chi connectivity index (χ3n) is 2.40. The zero-order chi connectivity index (χ0) is 9.97. The highest BCUT2D eigenvalue weighted by atomic mass is 35.5. The van der Waals surface area contributed by atoms with Gasteiger partial charge in [-0.2, -0.15) is 0 Å². The minimum atomic E-state index is 0.335. The molecule has 0 unspecified atom stereocenters. The van der Waals surface area contributed by atoms with Gasteiger partial charge in [0.15, 0.2) is 5.15 Å². The Balaban J connectivity index is 2.16. The maximum absolute atomic E-state index is 11.0. The Labute approximate surface area is 87.7 Å². The van der Waals surface area contributed by atoms with Crippen LogP contribution in [-0.4, -0.2) is 23.9 Å². The van der Waals surface area contributed by atoms with Crippen LogP contribution in [0.3, 0.4) is 0 Å². The molecule has 4 heteroatoms. The van der Waals surface area contributed by atoms with Crippen molar-refractivity contribution in [3.8, 4) is 0 Å². The molecule has 0 radical (unpaired) electrons. The zero-order valence-electron chi connectivity index (χ0n) is 7.74. The van der Waals surface area contributed by atoms with E-state index in [9.17, 15) is 4.79 Å². The Morgan fingerprint density at radius 3 is 2.71 bits per heavy atom. The fourth-order valence-electron chi connectivity index (χ4n) is 1.61. The predicted molar refractivity (Wildman–Crippen MR) is 55.7 cm³/mol. The van der Waals surface area contributed by atoms with Crippen LogP contribution in [0.25, 0.3) is 0 Å². The first kappa shape index (κ1) is 9.46. The molecule has 0 amide bonds. The molecule has 3 nitrogen and oxygen atoms in total. The van der Waals surface area contributed by atoms with Gasteiger partial charge in [-0.3, -0.25) is 4.79 Å². The minimum Gasteiger partial charge on any atom is -0.368 e. The number of carbonyl (C=O) groups excluding carboxylic acids is 1. The molecule has 0 spiro atoms. The Bertz CT molecular complexity index is 344. The predicted octanol–water partition coefficient (Wildman–Crippen LogP) is 1.90. The Hall–Kier alpha value is -1.09. The number of anilines is 1. The number of hydrogen-bond donors (Lipinski definition) is 0. The molecular formula is C10H11ClN2O. The fourth-order valence-corrected chi connectivity index (χ4v) is 1.85. The third kappa shape index (κ3) is 1.87. The number of piperidine rings is 1. The number of carbonyl (C=O) groups is 1. The molecule has 1 aromatic heterocycles. The first-order chi connectivity index (χ1) is 6.77. The number of nitrogens with zero attached hydrogens (tertiary/aromatic N) is 2. The number of Topliss-reactive ketones (excluding diaryl/α,β-unsaturated/α-hetero) is 1. The van der Waals surface area contributed by atoms with Gasteiger partial charge in [-0.25, -0.2) is 4.98 Å². The van der Waals surface area contributed by atoms with Crippen molar-refractivity contribution in [2.75, 3.05) is 18.0 Å². The monoisotopic (exact) mass is 210 g/mol. The summed E-state index contributed by atoms with van der Waals surface area (Å²) in [6.07, 6.45) is 2.90. The minimum absolute atomic E-state index is 0.335. The number of rotatable bonds is 1. The van der Waals surface area contributed by atoms with E-state index in [0.717, 1.165) is 18.8 Å². The van der Waals surface area contributed by atoms with E-state index in [2.05, 4.69) is 9.88 Å². The lowest BCUT2D eigenvalue weighted by molar-refractivity contribution is -0.119. The average molecular weight is 211 g/mol. The molecular weight excluding hydrogens is 200 g/mol. The first-order valence-electron chi connectivity index (χ1n) is 4.64. The van der Waals surface area contributed by atoms with Crippen molar-refractivity contribution in [1.29, 1.82) is 0 Å². The van der Waals surface area contributed by atoms with Gasteiger partial charge in [-0.15, -0.1) is 0 Å². The van der Waals surface area contributed by atoms with Gasteiger partial charge < -0.3 is 4.90 Å². The van der Waals surface area contributed by atoms with Crippen molar-refractivity contribution in [1.82, 2.24) is 4.98 Å². The topological polar surface area (TPSA) is 33.2 Å². The van der Waals surface area contributed by atoms with E-state index in [-0.39, 0.29) is 0 Å². The number of pyridine rings is 1. The summed E-state index contributed by atoms with van der Waals surface area (Å²) in [4.78, 5) is 17.2. The summed E-state index contributed by atoms with van der Waals surface area (Å²) in [5, 5.41) is 0.516. The van der Waals surface area contributed by atoms with E-state index in [1.165, 1.54) is 0 Å². The van der Waals surface area contributed by atoms with E-state index < -0.39 is 0 Å². The second-order valence-electron chi connectivity index (χ2n) is 3.34. The first-order valence-corrected chi connectivity index (χ1v) is 5.02. The fraction of sp³-hybridized carbons (Fsp3) is 0.400. The van der Waals surface area contributed by atoms with Crippen LogP contribution >= 0.6 is 11.6 Å². The summed E-state index contributed by atoms with van der Waals surface area (Å²) in [7, 11) is 0. The molecule has 1 aromatic rings. The van der Waals surface area contributed by atoms with Crippen LogP contribution in [0.1, 0.15) is 12.8 Å². The Kier molecular flexibility index (Phi) is 2.68. The lowest BCUT2D eigenvalue weighted by Gasteiger charge is -2.28. The van der Waals surface area contributed by atoms with E-state index in [4.69, 9.17) is 11.6 Å². The van der Waals surface area contributed by atoms with E-state index in [1.807, 2.05) is 12.1 Å². The molecule has 0 atom stereocenters. The highest BCUT2D eigenvalue weighted by Crippen LogP contribution is 2.24. The van der Waals surface area contributed by atoms with Crippen molar-refractivity contribution < 1.29 is 4.79 Å². The molecule has 0 saturated carbocycles. The molecule has 2 rings (SSSR count). The molecule has 1 saturated heterocycles. The van der Waals surface area contributed by atoms with Crippen molar-refractivity contribution in [2.45, 2.75) is 12.8 Å². The summed E-state index contributed by atoms with van der Waals surface area (Å²) >= 11 is 5.96. The molecule has 14 heavy (non-hydrogen) atoms. The van der Waals surface area contributed by atoms with Gasteiger partial charge in [-0.05, 0) is 12.1 Å². The van der Waals surface area contributed by atoms with Gasteiger partial charge in [0, 0.05) is 32.1 Å². The van der Waals surface area contributed by atoms with Gasteiger partial charge >= 0.3 is 0 Å². The lowest BCUT2D eigenvalue weighted by Crippen LogP contribution is -2.33. The SMILES string of the molecule is O=C1CCN(c2cccnc2Cl)CC1. The Morgan fingerprint density at radius 1 is 1.36 bits per heavy atom. The zero-order valence-corrected chi connectivity index (χ0v) is 8.50.